The highest BCUT2D eigenvalue weighted by Gasteiger charge is 2.14. The SMILES string of the molecule is CCCCC/C=C\C/C=C\CCCCCCCCCC(CCCCCCCCC)OC(=O)CCN(C)C. The molecule has 1 atom stereocenters. The molecule has 0 aromatic rings. The lowest BCUT2D eigenvalue weighted by Gasteiger charge is -2.19. The molecule has 0 aromatic heterocycles. The molecule has 0 radical (unpaired) electrons. The normalized spacial score (nSPS) is 12.8. The van der Waals surface area contributed by atoms with Crippen molar-refractivity contribution in [3.63, 3.8) is 0 Å². The molecule has 0 fully saturated rings. The fourth-order valence-electron chi connectivity index (χ4n) is 4.69. The lowest BCUT2D eigenvalue weighted by atomic mass is 10.0. The number of esters is 1. The molecule has 0 aliphatic rings. The Hall–Kier alpha value is -1.09. The van der Waals surface area contributed by atoms with Crippen LogP contribution >= 0.6 is 0 Å². The first-order valence-corrected chi connectivity index (χ1v) is 16.2. The van der Waals surface area contributed by atoms with Crippen LogP contribution in [0.2, 0.25) is 0 Å². The number of ether oxygens (including phenoxy) is 1. The van der Waals surface area contributed by atoms with Crippen LogP contribution in [0.3, 0.4) is 0 Å². The highest BCUT2D eigenvalue weighted by atomic mass is 16.5. The van der Waals surface area contributed by atoms with E-state index in [1.807, 2.05) is 14.1 Å². The fraction of sp³-hybridized carbons (Fsp3) is 0.853. The molecule has 0 heterocycles. The van der Waals surface area contributed by atoms with Gasteiger partial charge >= 0.3 is 5.97 Å². The van der Waals surface area contributed by atoms with Crippen LogP contribution in [0.1, 0.15) is 162 Å². The lowest BCUT2D eigenvalue weighted by Crippen LogP contribution is -2.22. The van der Waals surface area contributed by atoms with Gasteiger partial charge in [-0.15, -0.1) is 0 Å². The van der Waals surface area contributed by atoms with Crippen molar-refractivity contribution in [3.05, 3.63) is 24.3 Å². The summed E-state index contributed by atoms with van der Waals surface area (Å²) in [5.41, 5.74) is 0. The Morgan fingerprint density at radius 3 is 1.57 bits per heavy atom. The van der Waals surface area contributed by atoms with Crippen LogP contribution in [0.4, 0.5) is 0 Å². The van der Waals surface area contributed by atoms with Crippen molar-refractivity contribution < 1.29 is 9.53 Å². The van der Waals surface area contributed by atoms with Crippen LogP contribution in [0.25, 0.3) is 0 Å². The molecule has 0 aliphatic heterocycles. The summed E-state index contributed by atoms with van der Waals surface area (Å²) in [6.45, 7) is 5.30. The Labute approximate surface area is 232 Å². The van der Waals surface area contributed by atoms with E-state index in [1.54, 1.807) is 0 Å². The van der Waals surface area contributed by atoms with Gasteiger partial charge in [0.1, 0.15) is 6.10 Å². The zero-order valence-corrected chi connectivity index (χ0v) is 25.6. The van der Waals surface area contributed by atoms with Gasteiger partial charge in [0.25, 0.3) is 0 Å². The van der Waals surface area contributed by atoms with Gasteiger partial charge in [-0.3, -0.25) is 4.79 Å². The fourth-order valence-corrected chi connectivity index (χ4v) is 4.69. The minimum atomic E-state index is -0.0151. The second kappa shape index (κ2) is 29.5. The molecule has 0 saturated heterocycles. The summed E-state index contributed by atoms with van der Waals surface area (Å²) in [5.74, 6) is -0.0151. The first kappa shape index (κ1) is 35.9. The zero-order valence-electron chi connectivity index (χ0n) is 25.6. The molecular formula is C34H65NO2. The molecule has 0 N–H and O–H groups in total. The molecule has 3 heteroatoms. The van der Waals surface area contributed by atoms with Gasteiger partial charge < -0.3 is 9.64 Å². The zero-order chi connectivity index (χ0) is 27.2. The van der Waals surface area contributed by atoms with Crippen molar-refractivity contribution in [2.24, 2.45) is 0 Å². The summed E-state index contributed by atoms with van der Waals surface area (Å²) >= 11 is 0. The Morgan fingerprint density at radius 1 is 0.622 bits per heavy atom. The van der Waals surface area contributed by atoms with E-state index in [0.29, 0.717) is 6.42 Å². The molecule has 3 nitrogen and oxygen atoms in total. The number of nitrogens with zero attached hydrogens (tertiary/aromatic N) is 1. The highest BCUT2D eigenvalue weighted by Crippen LogP contribution is 2.18. The smallest absolute Gasteiger partial charge is 0.307 e. The van der Waals surface area contributed by atoms with Crippen LogP contribution in [-0.4, -0.2) is 37.6 Å². The average molecular weight is 520 g/mol. The molecule has 0 spiro atoms. The molecule has 1 unspecified atom stereocenters. The second-order valence-corrected chi connectivity index (χ2v) is 11.3. The molecule has 0 bridgehead atoms. The maximum Gasteiger partial charge on any atom is 0.307 e. The van der Waals surface area contributed by atoms with Gasteiger partial charge in [-0.05, 0) is 71.9 Å². The van der Waals surface area contributed by atoms with Crippen LogP contribution in [0.15, 0.2) is 24.3 Å². The van der Waals surface area contributed by atoms with Gasteiger partial charge in [0.05, 0.1) is 6.42 Å². The van der Waals surface area contributed by atoms with E-state index >= 15 is 0 Å². The van der Waals surface area contributed by atoms with Crippen LogP contribution in [0.5, 0.6) is 0 Å². The molecule has 0 aromatic carbocycles. The summed E-state index contributed by atoms with van der Waals surface area (Å²) < 4.78 is 5.90. The number of hydrogen-bond donors (Lipinski definition) is 0. The summed E-state index contributed by atoms with van der Waals surface area (Å²) in [7, 11) is 4.02. The summed E-state index contributed by atoms with van der Waals surface area (Å²) in [4.78, 5) is 14.3. The van der Waals surface area contributed by atoms with Gasteiger partial charge in [0, 0.05) is 6.54 Å². The Kier molecular flexibility index (Phi) is 28.6. The topological polar surface area (TPSA) is 29.5 Å². The van der Waals surface area contributed by atoms with E-state index in [1.165, 1.54) is 122 Å². The molecule has 0 aliphatic carbocycles. The van der Waals surface area contributed by atoms with Crippen LogP contribution in [-0.2, 0) is 9.53 Å². The van der Waals surface area contributed by atoms with Crippen molar-refractivity contribution in [2.75, 3.05) is 20.6 Å². The van der Waals surface area contributed by atoms with Gasteiger partial charge in [0.2, 0.25) is 0 Å². The average Bonchev–Trinajstić information content (AvgIpc) is 2.88. The third-order valence-electron chi connectivity index (χ3n) is 7.17. The van der Waals surface area contributed by atoms with E-state index in [0.717, 1.165) is 25.8 Å². The number of hydrogen-bond acceptors (Lipinski definition) is 3. The monoisotopic (exact) mass is 520 g/mol. The van der Waals surface area contributed by atoms with Gasteiger partial charge in [-0.25, -0.2) is 0 Å². The molecule has 37 heavy (non-hydrogen) atoms. The molecule has 0 rings (SSSR count). The summed E-state index contributed by atoms with van der Waals surface area (Å²) in [6.07, 6.45) is 38.0. The number of unbranched alkanes of at least 4 members (excludes halogenated alkanes) is 16. The molecule has 218 valence electrons. The highest BCUT2D eigenvalue weighted by molar-refractivity contribution is 5.69. The Balaban J connectivity index is 3.86. The van der Waals surface area contributed by atoms with Crippen molar-refractivity contribution in [2.45, 2.75) is 168 Å². The number of carbonyl (C=O) groups is 1. The van der Waals surface area contributed by atoms with E-state index in [2.05, 4.69) is 43.1 Å². The maximum atomic E-state index is 12.3. The van der Waals surface area contributed by atoms with Crippen molar-refractivity contribution in [1.29, 1.82) is 0 Å². The number of allylic oxidation sites excluding steroid dienone is 4. The van der Waals surface area contributed by atoms with E-state index in [4.69, 9.17) is 4.74 Å². The van der Waals surface area contributed by atoms with Gasteiger partial charge in [-0.1, -0.05) is 122 Å². The van der Waals surface area contributed by atoms with Crippen molar-refractivity contribution >= 4 is 5.97 Å². The quantitative estimate of drug-likeness (QED) is 0.0585. The van der Waals surface area contributed by atoms with Crippen LogP contribution < -0.4 is 0 Å². The first-order chi connectivity index (χ1) is 18.1. The van der Waals surface area contributed by atoms with E-state index in [9.17, 15) is 4.79 Å². The van der Waals surface area contributed by atoms with Gasteiger partial charge in [0.15, 0.2) is 0 Å². The van der Waals surface area contributed by atoms with Crippen LogP contribution in [0, 0.1) is 0 Å². The van der Waals surface area contributed by atoms with E-state index < -0.39 is 0 Å². The standard InChI is InChI=1S/C34H65NO2/c1-5-7-9-11-13-14-15-16-17-18-19-20-21-22-24-26-28-30-33(37-34(36)31-32-35(3)4)29-27-25-23-12-10-8-6-2/h13-14,16-17,33H,5-12,15,18-32H2,1-4H3/b14-13-,17-16-. The predicted octanol–water partition coefficient (Wildman–Crippen LogP) is 10.6. The molecule has 0 amide bonds. The predicted molar refractivity (Wildman–Crippen MR) is 164 cm³/mol. The second-order valence-electron chi connectivity index (χ2n) is 11.3. The van der Waals surface area contributed by atoms with Gasteiger partial charge in [-0.2, -0.15) is 0 Å². The minimum Gasteiger partial charge on any atom is -0.462 e. The third kappa shape index (κ3) is 29.3. The molecular weight excluding hydrogens is 454 g/mol. The van der Waals surface area contributed by atoms with Crippen molar-refractivity contribution in [3.8, 4) is 0 Å². The summed E-state index contributed by atoms with van der Waals surface area (Å²) in [6, 6.07) is 0. The minimum absolute atomic E-state index is 0.0151. The van der Waals surface area contributed by atoms with E-state index in [-0.39, 0.29) is 12.1 Å². The maximum absolute atomic E-state index is 12.3. The Bertz CT molecular complexity index is 526. The number of rotatable bonds is 28. The summed E-state index contributed by atoms with van der Waals surface area (Å²) in [5, 5.41) is 0. The van der Waals surface area contributed by atoms with Crippen molar-refractivity contribution in [1.82, 2.24) is 4.90 Å². The Morgan fingerprint density at radius 2 is 1.05 bits per heavy atom. The third-order valence-corrected chi connectivity index (χ3v) is 7.17. The molecule has 0 saturated carbocycles. The number of carbonyl (C=O) groups excluding carboxylic acids is 1. The largest absolute Gasteiger partial charge is 0.462 e. The first-order valence-electron chi connectivity index (χ1n) is 16.2. The lowest BCUT2D eigenvalue weighted by molar-refractivity contribution is -0.150.